The van der Waals surface area contributed by atoms with Crippen molar-refractivity contribution in [3.8, 4) is 0 Å². The molecule has 1 rings (SSSR count). The van der Waals surface area contributed by atoms with Crippen LogP contribution in [0.15, 0.2) is 24.3 Å². The lowest BCUT2D eigenvalue weighted by Gasteiger charge is -2.14. The van der Waals surface area contributed by atoms with Crippen molar-refractivity contribution in [2.24, 2.45) is 0 Å². The molecule has 0 fully saturated rings. The third-order valence-corrected chi connectivity index (χ3v) is 2.31. The molecule has 89 valence electrons. The molecule has 0 aliphatic carbocycles. The highest BCUT2D eigenvalue weighted by Crippen LogP contribution is 2.00. The van der Waals surface area contributed by atoms with Gasteiger partial charge in [-0.25, -0.2) is 0 Å². The monoisotopic (exact) mass is 223 g/mol. The molecule has 1 aromatic carbocycles. The first-order valence-corrected chi connectivity index (χ1v) is 5.41. The minimum Gasteiger partial charge on any atom is -0.382 e. The van der Waals surface area contributed by atoms with E-state index in [1.54, 1.807) is 14.2 Å². The lowest BCUT2D eigenvalue weighted by Crippen LogP contribution is -2.24. The van der Waals surface area contributed by atoms with Gasteiger partial charge in [0.2, 0.25) is 0 Å². The molecule has 0 N–H and O–H groups in total. The minimum atomic E-state index is 0.0223. The van der Waals surface area contributed by atoms with Crippen LogP contribution < -0.4 is 0 Å². The molecule has 0 aromatic heterocycles. The third-order valence-electron chi connectivity index (χ3n) is 2.31. The Morgan fingerprint density at radius 3 is 2.56 bits per heavy atom. The van der Waals surface area contributed by atoms with Crippen LogP contribution in [0.4, 0.5) is 0 Å². The standard InChI is InChI=1S/C13H19O3/c1-14-10-13(15-2)11-16-9-8-12-6-4-3-5-7-12/h4-7,13H,8-11H2,1-2H3. The van der Waals surface area contributed by atoms with E-state index in [0.717, 1.165) is 6.42 Å². The van der Waals surface area contributed by atoms with Gasteiger partial charge in [0.25, 0.3) is 0 Å². The fourth-order valence-corrected chi connectivity index (χ4v) is 1.36. The molecule has 0 amide bonds. The molecule has 1 unspecified atom stereocenters. The minimum absolute atomic E-state index is 0.0223. The smallest absolute Gasteiger partial charge is 0.104 e. The van der Waals surface area contributed by atoms with Crippen molar-refractivity contribution in [1.29, 1.82) is 0 Å². The summed E-state index contributed by atoms with van der Waals surface area (Å²) in [7, 11) is 3.33. The first kappa shape index (κ1) is 13.2. The Morgan fingerprint density at radius 1 is 1.19 bits per heavy atom. The van der Waals surface area contributed by atoms with Gasteiger partial charge >= 0.3 is 0 Å². The summed E-state index contributed by atoms with van der Waals surface area (Å²) in [4.78, 5) is 0. The molecule has 3 nitrogen and oxygen atoms in total. The van der Waals surface area contributed by atoms with Crippen LogP contribution in [0.25, 0.3) is 0 Å². The number of ether oxygens (including phenoxy) is 3. The van der Waals surface area contributed by atoms with E-state index in [9.17, 15) is 0 Å². The number of methoxy groups -OCH3 is 2. The summed E-state index contributed by atoms with van der Waals surface area (Å²) in [5, 5.41) is 0. The van der Waals surface area contributed by atoms with E-state index in [-0.39, 0.29) is 6.10 Å². The first-order valence-electron chi connectivity index (χ1n) is 5.41. The molecule has 0 spiro atoms. The summed E-state index contributed by atoms with van der Waals surface area (Å²) in [6.07, 6.45) is 0.937. The molecule has 1 aromatic rings. The summed E-state index contributed by atoms with van der Waals surface area (Å²) < 4.78 is 15.7. The molecule has 0 aliphatic rings. The van der Waals surface area contributed by atoms with Crippen molar-refractivity contribution in [2.45, 2.75) is 12.5 Å². The van der Waals surface area contributed by atoms with Gasteiger partial charge in [-0.3, -0.25) is 0 Å². The fraction of sp³-hybridized carbons (Fsp3) is 0.538. The summed E-state index contributed by atoms with van der Waals surface area (Å²) in [5.74, 6) is 0. The predicted molar refractivity (Wildman–Crippen MR) is 62.5 cm³/mol. The normalized spacial score (nSPS) is 12.6. The van der Waals surface area contributed by atoms with Crippen LogP contribution in [0.3, 0.4) is 0 Å². The average molecular weight is 223 g/mol. The van der Waals surface area contributed by atoms with E-state index in [2.05, 4.69) is 6.07 Å². The van der Waals surface area contributed by atoms with E-state index in [0.29, 0.717) is 19.8 Å². The number of hydrogen-bond acceptors (Lipinski definition) is 3. The summed E-state index contributed by atoms with van der Waals surface area (Å²) in [6, 6.07) is 10.9. The van der Waals surface area contributed by atoms with Gasteiger partial charge < -0.3 is 14.2 Å². The molecule has 1 atom stereocenters. The highest BCUT2D eigenvalue weighted by molar-refractivity contribution is 5.13. The van der Waals surface area contributed by atoms with Crippen LogP contribution in [-0.4, -0.2) is 40.1 Å². The van der Waals surface area contributed by atoms with Crippen molar-refractivity contribution in [1.82, 2.24) is 0 Å². The Balaban J connectivity index is 2.11. The van der Waals surface area contributed by atoms with E-state index in [1.807, 2.05) is 24.3 Å². The van der Waals surface area contributed by atoms with Crippen molar-refractivity contribution in [2.75, 3.05) is 34.0 Å². The Kier molecular flexibility index (Phi) is 6.81. The topological polar surface area (TPSA) is 27.7 Å². The highest BCUT2D eigenvalue weighted by atomic mass is 16.5. The summed E-state index contributed by atoms with van der Waals surface area (Å²) >= 11 is 0. The van der Waals surface area contributed by atoms with Gasteiger partial charge in [0.15, 0.2) is 0 Å². The van der Waals surface area contributed by atoms with Crippen LogP contribution in [0.5, 0.6) is 0 Å². The van der Waals surface area contributed by atoms with E-state index >= 15 is 0 Å². The van der Waals surface area contributed by atoms with Gasteiger partial charge in [-0.15, -0.1) is 0 Å². The first-order chi connectivity index (χ1) is 7.86. The number of hydrogen-bond donors (Lipinski definition) is 0. The zero-order valence-electron chi connectivity index (χ0n) is 9.94. The number of rotatable bonds is 8. The largest absolute Gasteiger partial charge is 0.382 e. The second-order valence-corrected chi connectivity index (χ2v) is 3.55. The second kappa shape index (κ2) is 8.28. The van der Waals surface area contributed by atoms with Gasteiger partial charge in [0, 0.05) is 14.2 Å². The molecular formula is C13H19O3. The van der Waals surface area contributed by atoms with E-state index in [4.69, 9.17) is 14.2 Å². The van der Waals surface area contributed by atoms with Crippen molar-refractivity contribution >= 4 is 0 Å². The van der Waals surface area contributed by atoms with Crippen LogP contribution in [-0.2, 0) is 20.6 Å². The van der Waals surface area contributed by atoms with Gasteiger partial charge in [-0.1, -0.05) is 24.3 Å². The molecule has 0 saturated carbocycles. The third kappa shape index (κ3) is 5.26. The van der Waals surface area contributed by atoms with Gasteiger partial charge in [-0.05, 0) is 18.1 Å². The van der Waals surface area contributed by atoms with E-state index in [1.165, 1.54) is 5.56 Å². The maximum Gasteiger partial charge on any atom is 0.104 e. The maximum absolute atomic E-state index is 5.53. The quantitative estimate of drug-likeness (QED) is 0.628. The fourth-order valence-electron chi connectivity index (χ4n) is 1.36. The maximum atomic E-state index is 5.53. The van der Waals surface area contributed by atoms with Crippen molar-refractivity contribution in [3.63, 3.8) is 0 Å². The molecular weight excluding hydrogens is 204 g/mol. The lowest BCUT2D eigenvalue weighted by molar-refractivity contribution is -0.0296. The van der Waals surface area contributed by atoms with Gasteiger partial charge in [0.1, 0.15) is 6.10 Å². The summed E-state index contributed by atoms with van der Waals surface area (Å²) in [5.41, 5.74) is 1.26. The molecule has 0 aliphatic heterocycles. The second-order valence-electron chi connectivity index (χ2n) is 3.55. The lowest BCUT2D eigenvalue weighted by atomic mass is 10.2. The molecule has 16 heavy (non-hydrogen) atoms. The Hall–Kier alpha value is -0.900. The molecule has 3 heteroatoms. The van der Waals surface area contributed by atoms with Crippen LogP contribution >= 0.6 is 0 Å². The van der Waals surface area contributed by atoms with Crippen LogP contribution in [0.2, 0.25) is 0 Å². The van der Waals surface area contributed by atoms with Crippen molar-refractivity contribution < 1.29 is 14.2 Å². The van der Waals surface area contributed by atoms with Gasteiger partial charge in [-0.2, -0.15) is 0 Å². The highest BCUT2D eigenvalue weighted by Gasteiger charge is 2.06. The predicted octanol–water partition coefficient (Wildman–Crippen LogP) is 1.71. The SMILES string of the molecule is COCC(COCCc1cc[c]cc1)OC. The molecule has 0 bridgehead atoms. The van der Waals surface area contributed by atoms with Crippen LogP contribution in [0.1, 0.15) is 5.56 Å². The Bertz CT molecular complexity index is 261. The van der Waals surface area contributed by atoms with E-state index < -0.39 is 0 Å². The summed E-state index contributed by atoms with van der Waals surface area (Å²) in [6.45, 7) is 1.84. The Morgan fingerprint density at radius 2 is 1.94 bits per heavy atom. The molecule has 0 saturated heterocycles. The molecule has 1 radical (unpaired) electrons. The zero-order chi connectivity index (χ0) is 11.6. The molecule has 0 heterocycles. The zero-order valence-corrected chi connectivity index (χ0v) is 9.94. The van der Waals surface area contributed by atoms with Crippen LogP contribution in [0, 0.1) is 6.07 Å². The number of benzene rings is 1. The van der Waals surface area contributed by atoms with Crippen molar-refractivity contribution in [3.05, 3.63) is 35.9 Å². The average Bonchev–Trinajstić information content (AvgIpc) is 2.34. The Labute approximate surface area is 97.3 Å². The van der Waals surface area contributed by atoms with Gasteiger partial charge in [0.05, 0.1) is 19.8 Å².